The van der Waals surface area contributed by atoms with E-state index in [0.29, 0.717) is 5.78 Å². The maximum Gasteiger partial charge on any atom is 0.329 e. The number of amides is 1. The number of carbonyl (C=O) groups is 2. The third-order valence-electron chi connectivity index (χ3n) is 3.20. The average Bonchev–Trinajstić information content (AvgIpc) is 2.84. The lowest BCUT2D eigenvalue weighted by molar-refractivity contribution is -0.143. The van der Waals surface area contributed by atoms with Crippen LogP contribution >= 0.6 is 0 Å². The molecule has 1 atom stereocenters. The second-order valence-electron chi connectivity index (χ2n) is 4.68. The third kappa shape index (κ3) is 2.31. The van der Waals surface area contributed by atoms with Gasteiger partial charge in [0.15, 0.2) is 0 Å². The maximum absolute atomic E-state index is 12.1. The van der Waals surface area contributed by atoms with Crippen LogP contribution in [0.4, 0.5) is 0 Å². The number of fused-ring (bicyclic) bond motifs is 1. The van der Waals surface area contributed by atoms with E-state index >= 15 is 0 Å². The summed E-state index contributed by atoms with van der Waals surface area (Å²) in [7, 11) is 0. The van der Waals surface area contributed by atoms with E-state index in [-0.39, 0.29) is 12.2 Å². The monoisotopic (exact) mass is 277 g/mol. The summed E-state index contributed by atoms with van der Waals surface area (Å²) in [6, 6.07) is 1.73. The molecule has 0 aliphatic heterocycles. The summed E-state index contributed by atoms with van der Waals surface area (Å²) < 4.78 is 1.43. The van der Waals surface area contributed by atoms with E-state index in [2.05, 4.69) is 20.4 Å². The van der Waals surface area contributed by atoms with Crippen molar-refractivity contribution >= 4 is 17.7 Å². The highest BCUT2D eigenvalue weighted by molar-refractivity contribution is 5.95. The van der Waals surface area contributed by atoms with Gasteiger partial charge in [-0.2, -0.15) is 4.98 Å². The number of hydrogen-bond donors (Lipinski definition) is 2. The molecule has 0 saturated heterocycles. The number of carboxylic acid groups (broad SMARTS) is 1. The first-order valence-corrected chi connectivity index (χ1v) is 6.11. The van der Waals surface area contributed by atoms with E-state index in [4.69, 9.17) is 5.11 Å². The zero-order valence-electron chi connectivity index (χ0n) is 11.4. The van der Waals surface area contributed by atoms with Crippen LogP contribution in [0.2, 0.25) is 0 Å². The number of nitrogens with zero attached hydrogens (tertiary/aromatic N) is 4. The molecule has 0 aliphatic rings. The number of aromatic nitrogens is 4. The van der Waals surface area contributed by atoms with Crippen LogP contribution in [0.15, 0.2) is 12.3 Å². The topological polar surface area (TPSA) is 109 Å². The number of aryl methyl sites for hydroxylation is 1. The number of aliphatic carboxylic acids is 1. The quantitative estimate of drug-likeness (QED) is 0.838. The van der Waals surface area contributed by atoms with Crippen molar-refractivity contribution in [2.75, 3.05) is 0 Å². The predicted molar refractivity (Wildman–Crippen MR) is 69.3 cm³/mol. The van der Waals surface area contributed by atoms with Gasteiger partial charge in [-0.15, -0.1) is 5.10 Å². The minimum atomic E-state index is -1.35. The molecular weight excluding hydrogens is 262 g/mol. The van der Waals surface area contributed by atoms with Gasteiger partial charge >= 0.3 is 5.97 Å². The van der Waals surface area contributed by atoms with Crippen molar-refractivity contribution in [2.24, 2.45) is 0 Å². The first-order valence-electron chi connectivity index (χ1n) is 6.11. The summed E-state index contributed by atoms with van der Waals surface area (Å²) in [6.07, 6.45) is 1.81. The van der Waals surface area contributed by atoms with E-state index in [1.54, 1.807) is 26.1 Å². The first-order chi connectivity index (χ1) is 9.37. The Balaban J connectivity index is 2.32. The van der Waals surface area contributed by atoms with Crippen LogP contribution in [0.1, 0.15) is 36.6 Å². The van der Waals surface area contributed by atoms with Gasteiger partial charge in [-0.25, -0.2) is 14.3 Å². The SMILES string of the molecule is CCC(C)(NC(=O)c1nc2nccc(C)n2n1)C(=O)O. The average molecular weight is 277 g/mol. The molecule has 0 bridgehead atoms. The van der Waals surface area contributed by atoms with Crippen LogP contribution in [-0.4, -0.2) is 42.1 Å². The maximum atomic E-state index is 12.1. The largest absolute Gasteiger partial charge is 0.480 e. The molecule has 20 heavy (non-hydrogen) atoms. The Morgan fingerprint density at radius 1 is 1.50 bits per heavy atom. The minimum Gasteiger partial charge on any atom is -0.480 e. The Kier molecular flexibility index (Phi) is 3.39. The van der Waals surface area contributed by atoms with E-state index in [0.717, 1.165) is 5.69 Å². The normalized spacial score (nSPS) is 13.9. The summed E-state index contributed by atoms with van der Waals surface area (Å²) >= 11 is 0. The fourth-order valence-electron chi connectivity index (χ4n) is 1.60. The van der Waals surface area contributed by atoms with E-state index in [1.165, 1.54) is 11.4 Å². The van der Waals surface area contributed by atoms with Crippen LogP contribution < -0.4 is 5.32 Å². The molecule has 2 rings (SSSR count). The number of carbonyl (C=O) groups excluding carboxylic acids is 1. The second-order valence-corrected chi connectivity index (χ2v) is 4.68. The van der Waals surface area contributed by atoms with Gasteiger partial charge in [-0.3, -0.25) is 4.79 Å². The Labute approximate surface area is 114 Å². The highest BCUT2D eigenvalue weighted by Gasteiger charge is 2.34. The molecule has 106 valence electrons. The molecule has 2 heterocycles. The van der Waals surface area contributed by atoms with Crippen molar-refractivity contribution in [2.45, 2.75) is 32.7 Å². The molecule has 1 unspecified atom stereocenters. The molecule has 0 fully saturated rings. The smallest absolute Gasteiger partial charge is 0.329 e. The molecule has 8 heteroatoms. The molecule has 2 aromatic heterocycles. The van der Waals surface area contributed by atoms with E-state index in [9.17, 15) is 9.59 Å². The van der Waals surface area contributed by atoms with Gasteiger partial charge in [0, 0.05) is 11.9 Å². The van der Waals surface area contributed by atoms with Crippen molar-refractivity contribution in [1.29, 1.82) is 0 Å². The lowest BCUT2D eigenvalue weighted by atomic mass is 9.99. The molecule has 0 aromatic carbocycles. The summed E-state index contributed by atoms with van der Waals surface area (Å²) in [5.41, 5.74) is -0.574. The van der Waals surface area contributed by atoms with Gasteiger partial charge in [-0.05, 0) is 26.3 Å². The fourth-order valence-corrected chi connectivity index (χ4v) is 1.60. The molecule has 0 spiro atoms. The van der Waals surface area contributed by atoms with Crippen molar-refractivity contribution in [3.63, 3.8) is 0 Å². The number of rotatable bonds is 4. The lowest BCUT2D eigenvalue weighted by Gasteiger charge is -2.23. The van der Waals surface area contributed by atoms with Gasteiger partial charge in [0.1, 0.15) is 5.54 Å². The molecule has 1 amide bonds. The summed E-state index contributed by atoms with van der Waals surface area (Å²) in [5.74, 6) is -1.55. The van der Waals surface area contributed by atoms with Crippen molar-refractivity contribution in [3.8, 4) is 0 Å². The molecule has 0 radical (unpaired) electrons. The number of hydrogen-bond acceptors (Lipinski definition) is 5. The van der Waals surface area contributed by atoms with Crippen LogP contribution in [0, 0.1) is 6.92 Å². The fraction of sp³-hybridized carbons (Fsp3) is 0.417. The van der Waals surface area contributed by atoms with Gasteiger partial charge in [0.05, 0.1) is 0 Å². The van der Waals surface area contributed by atoms with Crippen LogP contribution in [0.25, 0.3) is 5.78 Å². The zero-order chi connectivity index (χ0) is 14.9. The Morgan fingerprint density at radius 3 is 2.75 bits per heavy atom. The summed E-state index contributed by atoms with van der Waals surface area (Å²) in [4.78, 5) is 31.2. The van der Waals surface area contributed by atoms with Crippen molar-refractivity contribution < 1.29 is 14.7 Å². The highest BCUT2D eigenvalue weighted by Crippen LogP contribution is 2.10. The van der Waals surface area contributed by atoms with Crippen LogP contribution in [0.5, 0.6) is 0 Å². The lowest BCUT2D eigenvalue weighted by Crippen LogP contribution is -2.52. The third-order valence-corrected chi connectivity index (χ3v) is 3.20. The number of carboxylic acids is 1. The first kappa shape index (κ1) is 13.9. The Bertz CT molecular complexity index is 681. The van der Waals surface area contributed by atoms with Crippen molar-refractivity contribution in [1.82, 2.24) is 24.9 Å². The standard InChI is InChI=1S/C12H15N5O3/c1-4-12(3,10(19)20)15-9(18)8-14-11-13-6-5-7(2)17(11)16-8/h5-6H,4H2,1-3H3,(H,15,18)(H,19,20). The van der Waals surface area contributed by atoms with Gasteiger partial charge in [-0.1, -0.05) is 6.92 Å². The molecule has 0 saturated carbocycles. The predicted octanol–water partition coefficient (Wildman–Crippen LogP) is 0.416. The van der Waals surface area contributed by atoms with Gasteiger partial charge < -0.3 is 10.4 Å². The molecule has 2 N–H and O–H groups in total. The zero-order valence-corrected chi connectivity index (χ0v) is 11.4. The van der Waals surface area contributed by atoms with E-state index < -0.39 is 17.4 Å². The van der Waals surface area contributed by atoms with Crippen LogP contribution in [0.3, 0.4) is 0 Å². The summed E-state index contributed by atoms with van der Waals surface area (Å²) in [6.45, 7) is 4.92. The van der Waals surface area contributed by atoms with E-state index in [1.807, 2.05) is 0 Å². The Hall–Kier alpha value is -2.51. The molecule has 2 aromatic rings. The summed E-state index contributed by atoms with van der Waals surface area (Å²) in [5, 5.41) is 15.6. The molecule has 0 aliphatic carbocycles. The van der Waals surface area contributed by atoms with Gasteiger partial charge in [0.25, 0.3) is 11.7 Å². The van der Waals surface area contributed by atoms with Crippen molar-refractivity contribution in [3.05, 3.63) is 23.8 Å². The molecular formula is C12H15N5O3. The highest BCUT2D eigenvalue weighted by atomic mass is 16.4. The Morgan fingerprint density at radius 2 is 2.20 bits per heavy atom. The second kappa shape index (κ2) is 4.87. The number of nitrogens with one attached hydrogen (secondary N) is 1. The molecule has 8 nitrogen and oxygen atoms in total. The minimum absolute atomic E-state index is 0.104. The van der Waals surface area contributed by atoms with Crippen LogP contribution in [-0.2, 0) is 4.79 Å². The van der Waals surface area contributed by atoms with Gasteiger partial charge in [0.2, 0.25) is 5.82 Å².